The van der Waals surface area contributed by atoms with Gasteiger partial charge in [-0.15, -0.1) is 4.91 Å². The number of nitrogens with zero attached hydrogens (tertiary/aromatic N) is 2. The summed E-state index contributed by atoms with van der Waals surface area (Å²) in [6, 6.07) is 4.29. The first-order chi connectivity index (χ1) is 6.31. The summed E-state index contributed by atoms with van der Waals surface area (Å²) < 4.78 is 4.87. The highest BCUT2D eigenvalue weighted by molar-refractivity contribution is 5.62. The SMILES string of the molecule is COc1cc(N=O)ccc1N=C=O. The van der Waals surface area contributed by atoms with Gasteiger partial charge in [-0.25, -0.2) is 4.79 Å². The van der Waals surface area contributed by atoms with Gasteiger partial charge in [0, 0.05) is 6.07 Å². The number of benzene rings is 1. The zero-order chi connectivity index (χ0) is 9.68. The first kappa shape index (κ1) is 9.09. The molecule has 5 nitrogen and oxygen atoms in total. The number of hydrogen-bond acceptors (Lipinski definition) is 5. The second kappa shape index (κ2) is 4.13. The number of hydrogen-bond donors (Lipinski definition) is 0. The fourth-order valence-corrected chi connectivity index (χ4v) is 0.865. The molecule has 0 aliphatic heterocycles. The highest BCUT2D eigenvalue weighted by Crippen LogP contribution is 2.30. The molecule has 0 N–H and O–H groups in total. The van der Waals surface area contributed by atoms with Gasteiger partial charge in [-0.05, 0) is 17.3 Å². The minimum absolute atomic E-state index is 0.224. The van der Waals surface area contributed by atoms with Crippen LogP contribution in [0.5, 0.6) is 5.75 Å². The number of methoxy groups -OCH3 is 1. The van der Waals surface area contributed by atoms with E-state index in [1.54, 1.807) is 0 Å². The molecule has 5 heteroatoms. The van der Waals surface area contributed by atoms with Crippen molar-refractivity contribution in [2.45, 2.75) is 0 Å². The first-order valence-electron chi connectivity index (χ1n) is 3.41. The Balaban J connectivity index is 3.22. The van der Waals surface area contributed by atoms with E-state index in [1.165, 1.54) is 31.4 Å². The van der Waals surface area contributed by atoms with E-state index < -0.39 is 0 Å². The molecule has 0 unspecified atom stereocenters. The summed E-state index contributed by atoms with van der Waals surface area (Å²) in [6.07, 6.45) is 1.38. The molecule has 1 rings (SSSR count). The number of rotatable bonds is 3. The molecular formula is C8H6N2O3. The number of isocyanates is 1. The molecule has 0 aromatic heterocycles. The Morgan fingerprint density at radius 1 is 1.46 bits per heavy atom. The molecule has 0 fully saturated rings. The summed E-state index contributed by atoms with van der Waals surface area (Å²) in [7, 11) is 1.41. The van der Waals surface area contributed by atoms with Gasteiger partial charge in [-0.2, -0.15) is 4.99 Å². The van der Waals surface area contributed by atoms with E-state index in [1.807, 2.05) is 0 Å². The zero-order valence-corrected chi connectivity index (χ0v) is 6.85. The Hall–Kier alpha value is -2.00. The summed E-state index contributed by atoms with van der Waals surface area (Å²) in [5.74, 6) is 0.320. The Morgan fingerprint density at radius 2 is 2.23 bits per heavy atom. The minimum Gasteiger partial charge on any atom is -0.494 e. The zero-order valence-electron chi connectivity index (χ0n) is 6.85. The van der Waals surface area contributed by atoms with E-state index in [2.05, 4.69) is 10.2 Å². The number of aliphatic imine (C=N–C) groups is 1. The lowest BCUT2D eigenvalue weighted by molar-refractivity contribution is 0.416. The average molecular weight is 178 g/mol. The average Bonchev–Trinajstić information content (AvgIpc) is 2.19. The molecule has 0 saturated carbocycles. The number of carbonyl (C=O) groups excluding carboxylic acids is 1. The predicted octanol–water partition coefficient (Wildman–Crippen LogP) is 2.06. The van der Waals surface area contributed by atoms with Crippen molar-refractivity contribution in [2.24, 2.45) is 10.2 Å². The molecule has 0 amide bonds. The van der Waals surface area contributed by atoms with E-state index >= 15 is 0 Å². The van der Waals surface area contributed by atoms with Gasteiger partial charge >= 0.3 is 0 Å². The molecule has 0 aliphatic carbocycles. The van der Waals surface area contributed by atoms with E-state index in [9.17, 15) is 9.70 Å². The maximum Gasteiger partial charge on any atom is 0.240 e. The van der Waals surface area contributed by atoms with Crippen LogP contribution in [0.2, 0.25) is 0 Å². The summed E-state index contributed by atoms with van der Waals surface area (Å²) in [6.45, 7) is 0. The molecule has 0 bridgehead atoms. The van der Waals surface area contributed by atoms with Crippen molar-refractivity contribution in [3.8, 4) is 5.75 Å². The summed E-state index contributed by atoms with van der Waals surface area (Å²) in [5, 5.41) is 2.71. The maximum absolute atomic E-state index is 10.1. The fourth-order valence-electron chi connectivity index (χ4n) is 0.865. The fraction of sp³-hybridized carbons (Fsp3) is 0.125. The molecule has 66 valence electrons. The smallest absolute Gasteiger partial charge is 0.240 e. The van der Waals surface area contributed by atoms with Crippen molar-refractivity contribution in [1.82, 2.24) is 0 Å². The quantitative estimate of drug-likeness (QED) is 0.404. The monoisotopic (exact) mass is 178 g/mol. The molecule has 0 spiro atoms. The van der Waals surface area contributed by atoms with E-state index in [-0.39, 0.29) is 5.69 Å². The minimum atomic E-state index is 0.224. The van der Waals surface area contributed by atoms with Crippen LogP contribution in [-0.4, -0.2) is 13.2 Å². The van der Waals surface area contributed by atoms with Crippen LogP contribution in [0.25, 0.3) is 0 Å². The van der Waals surface area contributed by atoms with E-state index in [4.69, 9.17) is 4.74 Å². The lowest BCUT2D eigenvalue weighted by Gasteiger charge is -2.01. The van der Waals surface area contributed by atoms with Crippen molar-refractivity contribution < 1.29 is 9.53 Å². The third kappa shape index (κ3) is 1.98. The molecule has 0 heterocycles. The van der Waals surface area contributed by atoms with Crippen LogP contribution in [0, 0.1) is 4.91 Å². The topological polar surface area (TPSA) is 68.1 Å². The Bertz CT molecular complexity index is 370. The molecule has 0 saturated heterocycles. The summed E-state index contributed by atoms with van der Waals surface area (Å²) in [4.78, 5) is 23.5. The van der Waals surface area contributed by atoms with Gasteiger partial charge in [0.1, 0.15) is 17.1 Å². The normalized spacial score (nSPS) is 8.69. The van der Waals surface area contributed by atoms with Gasteiger partial charge in [0.2, 0.25) is 6.08 Å². The largest absolute Gasteiger partial charge is 0.494 e. The van der Waals surface area contributed by atoms with Crippen molar-refractivity contribution >= 4 is 17.5 Å². The Labute approximate surface area is 74.0 Å². The van der Waals surface area contributed by atoms with Crippen LogP contribution in [0.15, 0.2) is 28.4 Å². The van der Waals surface area contributed by atoms with Crippen molar-refractivity contribution in [2.75, 3.05) is 7.11 Å². The van der Waals surface area contributed by atoms with Gasteiger partial charge in [0.05, 0.1) is 7.11 Å². The molecule has 0 radical (unpaired) electrons. The van der Waals surface area contributed by atoms with Crippen LogP contribution in [0.4, 0.5) is 11.4 Å². The third-order valence-electron chi connectivity index (χ3n) is 1.43. The van der Waals surface area contributed by atoms with Crippen LogP contribution in [0.1, 0.15) is 0 Å². The second-order valence-electron chi connectivity index (χ2n) is 2.15. The third-order valence-corrected chi connectivity index (χ3v) is 1.43. The number of ether oxygens (including phenoxy) is 1. The number of nitroso groups, excluding NO2 is 1. The lowest BCUT2D eigenvalue weighted by atomic mass is 10.2. The van der Waals surface area contributed by atoms with Crippen molar-refractivity contribution in [3.05, 3.63) is 23.1 Å². The molecule has 1 aromatic carbocycles. The Kier molecular flexibility index (Phi) is 2.89. The first-order valence-corrected chi connectivity index (χ1v) is 3.41. The van der Waals surface area contributed by atoms with Crippen LogP contribution < -0.4 is 4.74 Å². The highest BCUT2D eigenvalue weighted by atomic mass is 16.5. The molecule has 0 aliphatic rings. The predicted molar refractivity (Wildman–Crippen MR) is 46.2 cm³/mol. The van der Waals surface area contributed by atoms with Crippen molar-refractivity contribution in [1.29, 1.82) is 0 Å². The standard InChI is InChI=1S/C8H6N2O3/c1-13-8-4-6(10-12)2-3-7(8)9-5-11/h2-4H,1H3. The van der Waals surface area contributed by atoms with Gasteiger partial charge in [0.25, 0.3) is 0 Å². The van der Waals surface area contributed by atoms with Gasteiger partial charge in [-0.3, -0.25) is 0 Å². The van der Waals surface area contributed by atoms with Crippen LogP contribution >= 0.6 is 0 Å². The Morgan fingerprint density at radius 3 is 2.77 bits per heavy atom. The van der Waals surface area contributed by atoms with Gasteiger partial charge < -0.3 is 4.74 Å². The molecule has 0 atom stereocenters. The van der Waals surface area contributed by atoms with E-state index in [0.29, 0.717) is 11.4 Å². The summed E-state index contributed by atoms with van der Waals surface area (Å²) >= 11 is 0. The van der Waals surface area contributed by atoms with Crippen LogP contribution in [0.3, 0.4) is 0 Å². The van der Waals surface area contributed by atoms with Crippen molar-refractivity contribution in [3.63, 3.8) is 0 Å². The van der Waals surface area contributed by atoms with E-state index in [0.717, 1.165) is 0 Å². The molecule has 1 aromatic rings. The second-order valence-corrected chi connectivity index (χ2v) is 2.15. The maximum atomic E-state index is 10.1. The summed E-state index contributed by atoms with van der Waals surface area (Å²) in [5.41, 5.74) is 0.548. The lowest BCUT2D eigenvalue weighted by Crippen LogP contribution is -1.82. The highest BCUT2D eigenvalue weighted by Gasteiger charge is 2.02. The van der Waals surface area contributed by atoms with Crippen LogP contribution in [-0.2, 0) is 4.79 Å². The van der Waals surface area contributed by atoms with Gasteiger partial charge in [-0.1, -0.05) is 0 Å². The van der Waals surface area contributed by atoms with Gasteiger partial charge in [0.15, 0.2) is 0 Å². The molecular weight excluding hydrogens is 172 g/mol. The molecule has 13 heavy (non-hydrogen) atoms.